The van der Waals surface area contributed by atoms with Crippen LogP contribution in [0.5, 0.6) is 0 Å². The number of ether oxygens (including phenoxy) is 2. The predicted molar refractivity (Wildman–Crippen MR) is 87.2 cm³/mol. The quantitative estimate of drug-likeness (QED) is 0.856. The summed E-state index contributed by atoms with van der Waals surface area (Å²) in [5, 5.41) is 3.39. The molecule has 2 bridgehead atoms. The van der Waals surface area contributed by atoms with E-state index in [0.717, 1.165) is 45.6 Å². The lowest BCUT2D eigenvalue weighted by atomic mass is 9.84. The lowest BCUT2D eigenvalue weighted by molar-refractivity contribution is -0.129. The van der Waals surface area contributed by atoms with Crippen molar-refractivity contribution >= 4 is 5.91 Å². The second kappa shape index (κ2) is 6.34. The molecule has 0 radical (unpaired) electrons. The third-order valence-corrected chi connectivity index (χ3v) is 6.72. The average molecular weight is 322 g/mol. The van der Waals surface area contributed by atoms with Gasteiger partial charge in [-0.05, 0) is 39.0 Å². The van der Waals surface area contributed by atoms with Gasteiger partial charge in [0.1, 0.15) is 0 Å². The molecule has 130 valence electrons. The molecule has 5 heteroatoms. The molecule has 0 unspecified atom stereocenters. The highest BCUT2D eigenvalue weighted by atomic mass is 16.5. The van der Waals surface area contributed by atoms with Crippen molar-refractivity contribution in [1.82, 2.24) is 10.2 Å². The Hall–Kier alpha value is -0.650. The van der Waals surface area contributed by atoms with Crippen molar-refractivity contribution in [1.29, 1.82) is 0 Å². The fourth-order valence-corrected chi connectivity index (χ4v) is 5.39. The number of nitrogens with zero attached hydrogens (tertiary/aromatic N) is 1. The minimum Gasteiger partial charge on any atom is -0.379 e. The maximum Gasteiger partial charge on any atom is 0.226 e. The lowest BCUT2D eigenvalue weighted by Crippen LogP contribution is -2.62. The number of carbonyl (C=O) groups is 1. The highest BCUT2D eigenvalue weighted by Gasteiger charge is 2.48. The van der Waals surface area contributed by atoms with E-state index in [9.17, 15) is 4.79 Å². The topological polar surface area (TPSA) is 50.8 Å². The molecule has 1 amide bonds. The molecule has 3 saturated heterocycles. The fourth-order valence-electron chi connectivity index (χ4n) is 5.39. The Kier molecular flexibility index (Phi) is 4.37. The molecule has 0 spiro atoms. The summed E-state index contributed by atoms with van der Waals surface area (Å²) in [6.45, 7) is 5.85. The summed E-state index contributed by atoms with van der Waals surface area (Å²) >= 11 is 0. The molecule has 0 aromatic heterocycles. The smallest absolute Gasteiger partial charge is 0.226 e. The van der Waals surface area contributed by atoms with Crippen LogP contribution in [0.25, 0.3) is 0 Å². The van der Waals surface area contributed by atoms with Crippen LogP contribution in [0.1, 0.15) is 51.9 Å². The number of fused-ring (bicyclic) bond motifs is 2. The largest absolute Gasteiger partial charge is 0.379 e. The van der Waals surface area contributed by atoms with E-state index >= 15 is 0 Å². The molecule has 3 aliphatic heterocycles. The number of rotatable bonds is 4. The van der Waals surface area contributed by atoms with Crippen molar-refractivity contribution < 1.29 is 14.3 Å². The fraction of sp³-hybridized carbons (Fsp3) is 0.944. The van der Waals surface area contributed by atoms with Crippen LogP contribution < -0.4 is 5.32 Å². The van der Waals surface area contributed by atoms with Crippen molar-refractivity contribution in [3.05, 3.63) is 0 Å². The van der Waals surface area contributed by atoms with Gasteiger partial charge in [-0.2, -0.15) is 0 Å². The van der Waals surface area contributed by atoms with Gasteiger partial charge < -0.3 is 14.8 Å². The molecule has 1 N–H and O–H groups in total. The van der Waals surface area contributed by atoms with Crippen LogP contribution in [0.2, 0.25) is 0 Å². The summed E-state index contributed by atoms with van der Waals surface area (Å²) in [7, 11) is 0. The summed E-state index contributed by atoms with van der Waals surface area (Å²) in [5.74, 6) is 0.309. The zero-order valence-electron chi connectivity index (χ0n) is 14.3. The molecule has 23 heavy (non-hydrogen) atoms. The number of amides is 1. The Bertz CT molecular complexity index is 444. The number of morpholine rings is 1. The highest BCUT2D eigenvalue weighted by molar-refractivity contribution is 5.80. The van der Waals surface area contributed by atoms with E-state index in [-0.39, 0.29) is 29.5 Å². The van der Waals surface area contributed by atoms with E-state index in [1.54, 1.807) is 0 Å². The summed E-state index contributed by atoms with van der Waals surface area (Å²) < 4.78 is 11.4. The van der Waals surface area contributed by atoms with E-state index < -0.39 is 0 Å². The van der Waals surface area contributed by atoms with Gasteiger partial charge in [0, 0.05) is 24.7 Å². The molecule has 4 aliphatic rings. The molecule has 4 rings (SSSR count). The average Bonchev–Trinajstić information content (AvgIpc) is 3.32. The van der Waals surface area contributed by atoms with E-state index in [1.807, 2.05) is 0 Å². The maximum absolute atomic E-state index is 12.8. The first kappa shape index (κ1) is 15.9. The molecule has 0 aromatic rings. The van der Waals surface area contributed by atoms with Gasteiger partial charge >= 0.3 is 0 Å². The van der Waals surface area contributed by atoms with Gasteiger partial charge in [-0.25, -0.2) is 0 Å². The number of hydrogen-bond acceptors (Lipinski definition) is 4. The normalized spacial score (nSPS) is 37.9. The Morgan fingerprint density at radius 1 is 1.22 bits per heavy atom. The van der Waals surface area contributed by atoms with Crippen LogP contribution in [0, 0.1) is 5.92 Å². The molecule has 4 atom stereocenters. The number of hydrogen-bond donors (Lipinski definition) is 1. The molecular weight excluding hydrogens is 292 g/mol. The van der Waals surface area contributed by atoms with Crippen LogP contribution in [0.3, 0.4) is 0 Å². The minimum atomic E-state index is 0.0827. The molecule has 3 heterocycles. The summed E-state index contributed by atoms with van der Waals surface area (Å²) in [4.78, 5) is 15.4. The summed E-state index contributed by atoms with van der Waals surface area (Å²) in [5.41, 5.74) is 0.137. The minimum absolute atomic E-state index is 0.0827. The molecule has 5 nitrogen and oxygen atoms in total. The van der Waals surface area contributed by atoms with Gasteiger partial charge in [0.25, 0.3) is 0 Å². The second-order valence-corrected chi connectivity index (χ2v) is 7.86. The van der Waals surface area contributed by atoms with Crippen LogP contribution in [0.4, 0.5) is 0 Å². The zero-order chi connectivity index (χ0) is 15.9. The maximum atomic E-state index is 12.8. The Morgan fingerprint density at radius 2 is 1.96 bits per heavy atom. The Labute approximate surface area is 139 Å². The highest BCUT2D eigenvalue weighted by Crippen LogP contribution is 2.41. The van der Waals surface area contributed by atoms with Crippen molar-refractivity contribution in [3.8, 4) is 0 Å². The zero-order valence-corrected chi connectivity index (χ0v) is 14.3. The molecule has 0 aromatic carbocycles. The standard InChI is InChI=1S/C18H30N2O3/c1-13(19-17(21)15-12-14-4-5-16(15)23-14)18(6-2-3-7-18)20-8-10-22-11-9-20/h13-16H,2-12H2,1H3,(H,19,21)/t13-,14-,15-,16-/m1/s1. The molecule has 4 fully saturated rings. The first-order chi connectivity index (χ1) is 11.2. The molecule has 1 aliphatic carbocycles. The van der Waals surface area contributed by atoms with Gasteiger partial charge in [-0.15, -0.1) is 0 Å². The van der Waals surface area contributed by atoms with Crippen molar-refractivity contribution in [2.45, 2.75) is 75.7 Å². The van der Waals surface area contributed by atoms with Crippen molar-refractivity contribution in [3.63, 3.8) is 0 Å². The van der Waals surface area contributed by atoms with E-state index in [1.165, 1.54) is 25.7 Å². The van der Waals surface area contributed by atoms with E-state index in [2.05, 4.69) is 17.1 Å². The van der Waals surface area contributed by atoms with Crippen LogP contribution in [-0.4, -0.2) is 60.9 Å². The van der Waals surface area contributed by atoms with Crippen LogP contribution in [-0.2, 0) is 14.3 Å². The SMILES string of the molecule is C[C@@H](NC(=O)[C@@H]1C[C@H]2CC[C@H]1O2)C1(N2CCOCC2)CCCC1. The van der Waals surface area contributed by atoms with Crippen LogP contribution in [0.15, 0.2) is 0 Å². The first-order valence-electron chi connectivity index (χ1n) is 9.48. The van der Waals surface area contributed by atoms with Crippen LogP contribution >= 0.6 is 0 Å². The van der Waals surface area contributed by atoms with E-state index in [4.69, 9.17) is 9.47 Å². The molecule has 1 saturated carbocycles. The Morgan fingerprint density at radius 3 is 2.57 bits per heavy atom. The lowest BCUT2D eigenvalue weighted by Gasteiger charge is -2.47. The van der Waals surface area contributed by atoms with Gasteiger partial charge in [0.2, 0.25) is 5.91 Å². The van der Waals surface area contributed by atoms with Gasteiger partial charge in [-0.3, -0.25) is 9.69 Å². The van der Waals surface area contributed by atoms with Gasteiger partial charge in [0.15, 0.2) is 0 Å². The van der Waals surface area contributed by atoms with Gasteiger partial charge in [-0.1, -0.05) is 12.8 Å². The third-order valence-electron chi connectivity index (χ3n) is 6.72. The van der Waals surface area contributed by atoms with E-state index in [0.29, 0.717) is 6.10 Å². The first-order valence-corrected chi connectivity index (χ1v) is 9.48. The third kappa shape index (κ3) is 2.81. The van der Waals surface area contributed by atoms with Crippen molar-refractivity contribution in [2.75, 3.05) is 26.3 Å². The monoisotopic (exact) mass is 322 g/mol. The summed E-state index contributed by atoms with van der Waals surface area (Å²) in [6, 6.07) is 0.203. The Balaban J connectivity index is 1.43. The number of carbonyl (C=O) groups excluding carboxylic acids is 1. The second-order valence-electron chi connectivity index (χ2n) is 7.86. The molecular formula is C18H30N2O3. The number of nitrogens with one attached hydrogen (secondary N) is 1. The van der Waals surface area contributed by atoms with Gasteiger partial charge in [0.05, 0.1) is 31.3 Å². The predicted octanol–water partition coefficient (Wildman–Crippen LogP) is 1.70. The van der Waals surface area contributed by atoms with Crippen molar-refractivity contribution in [2.24, 2.45) is 5.92 Å². The summed E-state index contributed by atoms with van der Waals surface area (Å²) in [6.07, 6.45) is 8.58.